The average molecular weight is 1050 g/mol. The second kappa shape index (κ2) is 63.6. The molecular formula is C69H124O6. The zero-order chi connectivity index (χ0) is 54.3. The van der Waals surface area contributed by atoms with Crippen molar-refractivity contribution in [2.24, 2.45) is 0 Å². The largest absolute Gasteiger partial charge is 0.462 e. The van der Waals surface area contributed by atoms with Crippen molar-refractivity contribution in [3.8, 4) is 0 Å². The lowest BCUT2D eigenvalue weighted by Crippen LogP contribution is -2.30. The third-order valence-corrected chi connectivity index (χ3v) is 14.5. The Labute approximate surface area is 466 Å². The topological polar surface area (TPSA) is 78.9 Å². The standard InChI is InChI=1S/C69H124O6/c1-4-7-10-13-16-19-21-23-25-27-28-29-30-31-32-33-34-35-36-37-38-39-40-42-43-45-47-50-53-56-59-62-68(71)74-65-66(64-73-67(70)61-58-55-52-49-18-15-12-9-6-3)75-69(72)63-60-57-54-51-48-46-44-41-26-24-22-20-17-14-11-8-5-2/h7,10,16,19,23,25,28-29,31-32,66H,4-6,8-9,11-15,17-18,20-22,24,26-27,30,33-65H2,1-3H3/b10-7-,19-16-,25-23-,29-28-,32-31-. The first-order valence-electron chi connectivity index (χ1n) is 32.8. The SMILES string of the molecule is CC/C=C\C/C=C\C/C=C\C/C=C\C/C=C\CCCCCCCCCCCCCCCCCC(=O)OCC(COC(=O)CCCCCCCCCCC)OC(=O)CCCCCCCCCCCCCCCCCCC. The van der Waals surface area contributed by atoms with Crippen LogP contribution in [0.4, 0.5) is 0 Å². The highest BCUT2D eigenvalue weighted by Crippen LogP contribution is 2.18. The van der Waals surface area contributed by atoms with Gasteiger partial charge in [0.25, 0.3) is 0 Å². The summed E-state index contributed by atoms with van der Waals surface area (Å²) in [6.07, 6.45) is 81.1. The molecule has 0 bridgehead atoms. The van der Waals surface area contributed by atoms with Crippen LogP contribution in [0.15, 0.2) is 60.8 Å². The van der Waals surface area contributed by atoms with E-state index in [0.29, 0.717) is 19.3 Å². The predicted molar refractivity (Wildman–Crippen MR) is 325 cm³/mol. The molecule has 0 aromatic carbocycles. The van der Waals surface area contributed by atoms with Crippen LogP contribution < -0.4 is 0 Å². The Morgan fingerprint density at radius 2 is 0.520 bits per heavy atom. The van der Waals surface area contributed by atoms with Crippen molar-refractivity contribution >= 4 is 17.9 Å². The van der Waals surface area contributed by atoms with E-state index in [2.05, 4.69) is 81.5 Å². The second-order valence-corrected chi connectivity index (χ2v) is 22.0. The number of ether oxygens (including phenoxy) is 3. The van der Waals surface area contributed by atoms with Gasteiger partial charge in [0.1, 0.15) is 13.2 Å². The normalized spacial score (nSPS) is 12.4. The number of rotatable bonds is 60. The quantitative estimate of drug-likeness (QED) is 0.0261. The Morgan fingerprint density at radius 1 is 0.280 bits per heavy atom. The van der Waals surface area contributed by atoms with Crippen LogP contribution in [0.2, 0.25) is 0 Å². The molecule has 75 heavy (non-hydrogen) atoms. The summed E-state index contributed by atoms with van der Waals surface area (Å²) < 4.78 is 16.9. The molecule has 6 heteroatoms. The van der Waals surface area contributed by atoms with Gasteiger partial charge in [-0.2, -0.15) is 0 Å². The molecule has 0 saturated heterocycles. The van der Waals surface area contributed by atoms with E-state index in [1.165, 1.54) is 212 Å². The van der Waals surface area contributed by atoms with Crippen LogP contribution in [0.25, 0.3) is 0 Å². The molecule has 0 radical (unpaired) electrons. The molecule has 436 valence electrons. The van der Waals surface area contributed by atoms with Gasteiger partial charge in [0.15, 0.2) is 6.10 Å². The number of allylic oxidation sites excluding steroid dienone is 10. The van der Waals surface area contributed by atoms with E-state index in [-0.39, 0.29) is 31.1 Å². The van der Waals surface area contributed by atoms with Crippen LogP contribution in [0, 0.1) is 0 Å². The van der Waals surface area contributed by atoms with Crippen LogP contribution in [0.1, 0.15) is 342 Å². The van der Waals surface area contributed by atoms with Crippen LogP contribution in [0.5, 0.6) is 0 Å². The summed E-state index contributed by atoms with van der Waals surface area (Å²) in [6.45, 7) is 6.56. The summed E-state index contributed by atoms with van der Waals surface area (Å²) in [7, 11) is 0. The summed E-state index contributed by atoms with van der Waals surface area (Å²) in [6, 6.07) is 0. The first-order valence-corrected chi connectivity index (χ1v) is 32.8. The molecule has 0 aromatic rings. The van der Waals surface area contributed by atoms with Crippen molar-refractivity contribution < 1.29 is 28.6 Å². The summed E-state index contributed by atoms with van der Waals surface area (Å²) in [5, 5.41) is 0. The molecule has 0 N–H and O–H groups in total. The van der Waals surface area contributed by atoms with Gasteiger partial charge in [0.05, 0.1) is 0 Å². The number of unbranched alkanes of at least 4 members (excludes halogenated alkanes) is 39. The van der Waals surface area contributed by atoms with E-state index >= 15 is 0 Å². The number of carbonyl (C=O) groups is 3. The number of hydrogen-bond acceptors (Lipinski definition) is 6. The van der Waals surface area contributed by atoms with E-state index in [1.54, 1.807) is 0 Å². The lowest BCUT2D eigenvalue weighted by molar-refractivity contribution is -0.167. The maximum Gasteiger partial charge on any atom is 0.306 e. The van der Waals surface area contributed by atoms with E-state index in [4.69, 9.17) is 14.2 Å². The van der Waals surface area contributed by atoms with Gasteiger partial charge in [0, 0.05) is 19.3 Å². The van der Waals surface area contributed by atoms with Gasteiger partial charge in [-0.3, -0.25) is 14.4 Å². The highest BCUT2D eigenvalue weighted by molar-refractivity contribution is 5.71. The van der Waals surface area contributed by atoms with Gasteiger partial charge >= 0.3 is 17.9 Å². The molecule has 0 amide bonds. The molecule has 0 heterocycles. The summed E-state index contributed by atoms with van der Waals surface area (Å²) in [5.74, 6) is -0.849. The number of carbonyl (C=O) groups excluding carboxylic acids is 3. The van der Waals surface area contributed by atoms with Crippen molar-refractivity contribution in [2.75, 3.05) is 13.2 Å². The maximum atomic E-state index is 12.9. The Bertz CT molecular complexity index is 1340. The van der Waals surface area contributed by atoms with Gasteiger partial charge in [-0.1, -0.05) is 319 Å². The molecule has 0 rings (SSSR count). The summed E-state index contributed by atoms with van der Waals surface area (Å²) in [4.78, 5) is 38.2. The molecule has 0 aliphatic rings. The summed E-state index contributed by atoms with van der Waals surface area (Å²) >= 11 is 0. The molecule has 0 aromatic heterocycles. The Kier molecular flexibility index (Phi) is 61.2. The Morgan fingerprint density at radius 3 is 0.813 bits per heavy atom. The highest BCUT2D eigenvalue weighted by atomic mass is 16.6. The zero-order valence-corrected chi connectivity index (χ0v) is 50.1. The van der Waals surface area contributed by atoms with Crippen LogP contribution >= 0.6 is 0 Å². The van der Waals surface area contributed by atoms with Gasteiger partial charge < -0.3 is 14.2 Å². The molecule has 0 saturated carbocycles. The Balaban J connectivity index is 4.09. The first kappa shape index (κ1) is 72.1. The highest BCUT2D eigenvalue weighted by Gasteiger charge is 2.19. The van der Waals surface area contributed by atoms with Crippen molar-refractivity contribution in [2.45, 2.75) is 348 Å². The molecule has 6 nitrogen and oxygen atoms in total. The minimum Gasteiger partial charge on any atom is -0.462 e. The van der Waals surface area contributed by atoms with Crippen molar-refractivity contribution in [3.05, 3.63) is 60.8 Å². The van der Waals surface area contributed by atoms with E-state index in [1.807, 2.05) is 0 Å². The fraction of sp³-hybridized carbons (Fsp3) is 0.812. The third kappa shape index (κ3) is 61.8. The smallest absolute Gasteiger partial charge is 0.306 e. The van der Waals surface area contributed by atoms with E-state index in [9.17, 15) is 14.4 Å². The molecule has 0 aliphatic carbocycles. The molecular weight excluding hydrogens is 925 g/mol. The molecule has 1 atom stereocenters. The summed E-state index contributed by atoms with van der Waals surface area (Å²) in [5.41, 5.74) is 0. The van der Waals surface area contributed by atoms with Gasteiger partial charge in [-0.15, -0.1) is 0 Å². The van der Waals surface area contributed by atoms with Crippen LogP contribution in [0.3, 0.4) is 0 Å². The second-order valence-electron chi connectivity index (χ2n) is 22.0. The van der Waals surface area contributed by atoms with E-state index < -0.39 is 6.10 Å². The minimum atomic E-state index is -0.768. The third-order valence-electron chi connectivity index (χ3n) is 14.5. The molecule has 0 spiro atoms. The van der Waals surface area contributed by atoms with Crippen molar-refractivity contribution in [1.82, 2.24) is 0 Å². The van der Waals surface area contributed by atoms with Crippen LogP contribution in [-0.2, 0) is 28.6 Å². The minimum absolute atomic E-state index is 0.0677. The van der Waals surface area contributed by atoms with Gasteiger partial charge in [0.2, 0.25) is 0 Å². The lowest BCUT2D eigenvalue weighted by atomic mass is 10.0. The average Bonchev–Trinajstić information content (AvgIpc) is 3.41. The molecule has 0 aliphatic heterocycles. The maximum absolute atomic E-state index is 12.9. The monoisotopic (exact) mass is 1050 g/mol. The molecule has 0 fully saturated rings. The first-order chi connectivity index (χ1) is 37.0. The van der Waals surface area contributed by atoms with Gasteiger partial charge in [-0.05, 0) is 64.2 Å². The number of hydrogen-bond donors (Lipinski definition) is 0. The van der Waals surface area contributed by atoms with Gasteiger partial charge in [-0.25, -0.2) is 0 Å². The Hall–Kier alpha value is -2.89. The fourth-order valence-electron chi connectivity index (χ4n) is 9.65. The number of esters is 3. The zero-order valence-electron chi connectivity index (χ0n) is 50.1. The lowest BCUT2D eigenvalue weighted by Gasteiger charge is -2.18. The van der Waals surface area contributed by atoms with E-state index in [0.717, 1.165) is 89.9 Å². The molecule has 1 unspecified atom stereocenters. The fourth-order valence-corrected chi connectivity index (χ4v) is 9.65. The van der Waals surface area contributed by atoms with Crippen molar-refractivity contribution in [3.63, 3.8) is 0 Å². The predicted octanol–water partition coefficient (Wildman–Crippen LogP) is 22.3. The van der Waals surface area contributed by atoms with Crippen molar-refractivity contribution in [1.29, 1.82) is 0 Å². The van der Waals surface area contributed by atoms with Crippen LogP contribution in [-0.4, -0.2) is 37.2 Å².